The van der Waals surface area contributed by atoms with Crippen LogP contribution in [0.15, 0.2) is 6.20 Å². The van der Waals surface area contributed by atoms with E-state index in [0.29, 0.717) is 5.88 Å². The number of carbonyl (C=O) groups excluding carboxylic acids is 1. The van der Waals surface area contributed by atoms with E-state index in [0.717, 1.165) is 24.8 Å². The van der Waals surface area contributed by atoms with Crippen LogP contribution in [0.25, 0.3) is 0 Å². The van der Waals surface area contributed by atoms with Gasteiger partial charge in [-0.15, -0.1) is 11.6 Å². The third-order valence-corrected chi connectivity index (χ3v) is 3.83. The largest absolute Gasteiger partial charge is 0.349 e. The van der Waals surface area contributed by atoms with Gasteiger partial charge < -0.3 is 5.32 Å². The maximum absolute atomic E-state index is 11.8. The van der Waals surface area contributed by atoms with Crippen molar-refractivity contribution in [2.75, 3.05) is 5.88 Å². The van der Waals surface area contributed by atoms with Crippen molar-refractivity contribution in [2.45, 2.75) is 32.2 Å². The lowest BCUT2D eigenvalue weighted by Gasteiger charge is -2.24. The van der Waals surface area contributed by atoms with Gasteiger partial charge in [-0.3, -0.25) is 9.48 Å². The van der Waals surface area contributed by atoms with Crippen molar-refractivity contribution in [2.24, 2.45) is 13.0 Å². The number of hydrogen-bond donors (Lipinski definition) is 1. The number of hydrogen-bond acceptors (Lipinski definition) is 2. The number of rotatable bonds is 3. The maximum atomic E-state index is 11.8. The molecule has 1 aliphatic rings. The molecule has 17 heavy (non-hydrogen) atoms. The Morgan fingerprint density at radius 2 is 2.53 bits per heavy atom. The Bertz CT molecular complexity index is 416. The number of fused-ring (bicyclic) bond motifs is 1. The molecule has 1 aromatic rings. The number of halogens is 1. The summed E-state index contributed by atoms with van der Waals surface area (Å²) in [5, 5.41) is 7.32. The van der Waals surface area contributed by atoms with Crippen LogP contribution >= 0.6 is 11.6 Å². The summed E-state index contributed by atoms with van der Waals surface area (Å²) >= 11 is 5.69. The van der Waals surface area contributed by atoms with E-state index in [2.05, 4.69) is 10.4 Å². The second-order valence-electron chi connectivity index (χ2n) is 4.68. The fourth-order valence-corrected chi connectivity index (χ4v) is 2.38. The summed E-state index contributed by atoms with van der Waals surface area (Å²) in [7, 11) is 1.95. The van der Waals surface area contributed by atoms with E-state index in [1.165, 1.54) is 5.69 Å². The average Bonchev–Trinajstić information content (AvgIpc) is 2.71. The van der Waals surface area contributed by atoms with Crippen molar-refractivity contribution >= 4 is 17.5 Å². The van der Waals surface area contributed by atoms with Gasteiger partial charge in [0.25, 0.3) is 0 Å². The van der Waals surface area contributed by atoms with E-state index in [1.807, 2.05) is 24.9 Å². The van der Waals surface area contributed by atoms with Crippen LogP contribution in [0.1, 0.15) is 37.1 Å². The second kappa shape index (κ2) is 5.08. The molecule has 2 unspecified atom stereocenters. The Kier molecular flexibility index (Phi) is 3.72. The lowest BCUT2D eigenvalue weighted by atomic mass is 9.92. The first-order chi connectivity index (χ1) is 8.13. The number of nitrogens with zero attached hydrogens (tertiary/aromatic N) is 2. The summed E-state index contributed by atoms with van der Waals surface area (Å²) in [6, 6.07) is 0.102. The Morgan fingerprint density at radius 1 is 1.76 bits per heavy atom. The number of aryl methyl sites for hydroxylation is 1. The standard InChI is InChI=1S/C12H18ClN3O/c1-8(6-13)12(17)15-10-4-3-5-11-9(10)7-14-16(11)2/h7-8,10H,3-6H2,1-2H3,(H,15,17). The first kappa shape index (κ1) is 12.4. The van der Waals surface area contributed by atoms with Crippen molar-refractivity contribution in [3.05, 3.63) is 17.5 Å². The number of carbonyl (C=O) groups is 1. The highest BCUT2D eigenvalue weighted by Crippen LogP contribution is 2.29. The van der Waals surface area contributed by atoms with Crippen LogP contribution in [0, 0.1) is 5.92 Å². The molecule has 0 aliphatic heterocycles. The summed E-state index contributed by atoms with van der Waals surface area (Å²) in [5.74, 6) is 0.249. The van der Waals surface area contributed by atoms with E-state index in [-0.39, 0.29) is 17.9 Å². The fourth-order valence-electron chi connectivity index (χ4n) is 2.24. The summed E-state index contributed by atoms with van der Waals surface area (Å²) < 4.78 is 1.90. The minimum Gasteiger partial charge on any atom is -0.349 e. The molecule has 0 aromatic carbocycles. The van der Waals surface area contributed by atoms with Crippen molar-refractivity contribution in [1.82, 2.24) is 15.1 Å². The molecule has 4 nitrogen and oxygen atoms in total. The first-order valence-corrected chi connectivity index (χ1v) is 6.54. The molecule has 0 saturated heterocycles. The molecule has 1 amide bonds. The third-order valence-electron chi connectivity index (χ3n) is 3.37. The van der Waals surface area contributed by atoms with Gasteiger partial charge in [-0.25, -0.2) is 0 Å². The van der Waals surface area contributed by atoms with Crippen molar-refractivity contribution in [1.29, 1.82) is 0 Å². The van der Waals surface area contributed by atoms with E-state index >= 15 is 0 Å². The maximum Gasteiger partial charge on any atom is 0.224 e. The minimum absolute atomic E-state index is 0.0294. The van der Waals surface area contributed by atoms with Gasteiger partial charge in [0.15, 0.2) is 0 Å². The molecule has 1 aliphatic carbocycles. The van der Waals surface area contributed by atoms with Crippen LogP contribution in [0.3, 0.4) is 0 Å². The number of nitrogens with one attached hydrogen (secondary N) is 1. The Hall–Kier alpha value is -1.03. The molecule has 0 radical (unpaired) electrons. The predicted molar refractivity (Wildman–Crippen MR) is 66.9 cm³/mol. The number of aromatic nitrogens is 2. The minimum atomic E-state index is -0.140. The van der Waals surface area contributed by atoms with Crippen LogP contribution < -0.4 is 5.32 Å². The molecule has 1 aromatic heterocycles. The Morgan fingerprint density at radius 3 is 3.24 bits per heavy atom. The SMILES string of the molecule is CC(CCl)C(=O)NC1CCCc2c1cnn2C. The van der Waals surface area contributed by atoms with E-state index in [4.69, 9.17) is 11.6 Å². The zero-order chi connectivity index (χ0) is 12.4. The first-order valence-electron chi connectivity index (χ1n) is 6.00. The molecule has 2 atom stereocenters. The zero-order valence-electron chi connectivity index (χ0n) is 10.2. The quantitative estimate of drug-likeness (QED) is 0.837. The normalized spacial score (nSPS) is 20.8. The Balaban J connectivity index is 2.11. The van der Waals surface area contributed by atoms with Gasteiger partial charge in [0, 0.05) is 30.1 Å². The molecular weight excluding hydrogens is 238 g/mol. The van der Waals surface area contributed by atoms with Crippen LogP contribution in [0.4, 0.5) is 0 Å². The van der Waals surface area contributed by atoms with Gasteiger partial charge in [-0.1, -0.05) is 6.92 Å². The second-order valence-corrected chi connectivity index (χ2v) is 4.99. The van der Waals surface area contributed by atoms with Gasteiger partial charge >= 0.3 is 0 Å². The van der Waals surface area contributed by atoms with Gasteiger partial charge in [0.1, 0.15) is 0 Å². The molecule has 1 heterocycles. The van der Waals surface area contributed by atoms with Crippen molar-refractivity contribution < 1.29 is 4.79 Å². The summed E-state index contributed by atoms with van der Waals surface area (Å²) in [6.07, 6.45) is 4.99. The lowest BCUT2D eigenvalue weighted by Crippen LogP contribution is -2.35. The molecule has 0 fully saturated rings. The highest BCUT2D eigenvalue weighted by molar-refractivity contribution is 6.19. The van der Waals surface area contributed by atoms with E-state index in [9.17, 15) is 4.79 Å². The van der Waals surface area contributed by atoms with Crippen LogP contribution in [-0.2, 0) is 18.3 Å². The topological polar surface area (TPSA) is 46.9 Å². The molecule has 5 heteroatoms. The lowest BCUT2D eigenvalue weighted by molar-refractivity contribution is -0.124. The van der Waals surface area contributed by atoms with Gasteiger partial charge in [-0.2, -0.15) is 5.10 Å². The van der Waals surface area contributed by atoms with E-state index < -0.39 is 0 Å². The van der Waals surface area contributed by atoms with Crippen LogP contribution in [0.2, 0.25) is 0 Å². The number of alkyl halides is 1. The summed E-state index contributed by atoms with van der Waals surface area (Å²) in [5.41, 5.74) is 2.40. The summed E-state index contributed by atoms with van der Waals surface area (Å²) in [4.78, 5) is 11.8. The molecule has 94 valence electrons. The van der Waals surface area contributed by atoms with Gasteiger partial charge in [-0.05, 0) is 19.3 Å². The smallest absolute Gasteiger partial charge is 0.224 e. The highest BCUT2D eigenvalue weighted by atomic mass is 35.5. The zero-order valence-corrected chi connectivity index (χ0v) is 11.0. The average molecular weight is 256 g/mol. The summed E-state index contributed by atoms with van der Waals surface area (Å²) in [6.45, 7) is 1.84. The molecule has 0 spiro atoms. The van der Waals surface area contributed by atoms with E-state index in [1.54, 1.807) is 0 Å². The molecular formula is C12H18ClN3O. The molecule has 0 saturated carbocycles. The fraction of sp³-hybridized carbons (Fsp3) is 0.667. The predicted octanol–water partition coefficient (Wildman–Crippen LogP) is 1.79. The molecule has 1 N–H and O–H groups in total. The highest BCUT2D eigenvalue weighted by Gasteiger charge is 2.25. The van der Waals surface area contributed by atoms with Crippen molar-refractivity contribution in [3.8, 4) is 0 Å². The molecule has 0 bridgehead atoms. The molecule has 2 rings (SSSR count). The van der Waals surface area contributed by atoms with Crippen molar-refractivity contribution in [3.63, 3.8) is 0 Å². The van der Waals surface area contributed by atoms with Crippen LogP contribution in [0.5, 0.6) is 0 Å². The number of amides is 1. The van der Waals surface area contributed by atoms with Gasteiger partial charge in [0.2, 0.25) is 5.91 Å². The third kappa shape index (κ3) is 2.46. The van der Waals surface area contributed by atoms with Crippen LogP contribution in [-0.4, -0.2) is 21.6 Å². The van der Waals surface area contributed by atoms with Gasteiger partial charge in [0.05, 0.1) is 12.2 Å². The monoisotopic (exact) mass is 255 g/mol. The Labute approximate surface area is 106 Å².